The maximum absolute atomic E-state index is 11.7. The van der Waals surface area contributed by atoms with Crippen LogP contribution in [0.15, 0.2) is 18.2 Å². The smallest absolute Gasteiger partial charge is 0.239 e. The van der Waals surface area contributed by atoms with Crippen LogP contribution in [0.2, 0.25) is 5.02 Å². The normalized spacial score (nSPS) is 11.3. The van der Waals surface area contributed by atoms with E-state index >= 15 is 0 Å². The number of amides is 1. The van der Waals surface area contributed by atoms with Gasteiger partial charge in [0, 0.05) is 18.7 Å². The number of ether oxygens (including phenoxy) is 1. The summed E-state index contributed by atoms with van der Waals surface area (Å²) in [7, 11) is -1.96. The fraction of sp³-hybridized carbons (Fsp3) is 0.417. The number of nitrogen functional groups attached to an aromatic ring is 1. The summed E-state index contributed by atoms with van der Waals surface area (Å²) in [6.45, 7) is 0.338. The highest BCUT2D eigenvalue weighted by Gasteiger charge is 2.17. The van der Waals surface area contributed by atoms with Crippen LogP contribution >= 0.6 is 11.6 Å². The van der Waals surface area contributed by atoms with Gasteiger partial charge in [-0.2, -0.15) is 0 Å². The molecule has 0 bridgehead atoms. The Hall–Kier alpha value is -1.31. The van der Waals surface area contributed by atoms with E-state index in [4.69, 9.17) is 22.1 Å². The Bertz CT molecular complexity index is 575. The number of rotatable bonds is 7. The third-order valence-corrected chi connectivity index (χ3v) is 4.29. The number of hydrogen-bond donors (Lipinski definition) is 2. The van der Waals surface area contributed by atoms with E-state index in [1.54, 1.807) is 6.07 Å². The van der Waals surface area contributed by atoms with Crippen molar-refractivity contribution < 1.29 is 17.9 Å². The average Bonchev–Trinajstić information content (AvgIpc) is 2.32. The summed E-state index contributed by atoms with van der Waals surface area (Å²) in [5.74, 6) is -1.31. The van der Waals surface area contributed by atoms with Gasteiger partial charge >= 0.3 is 0 Å². The summed E-state index contributed by atoms with van der Waals surface area (Å²) < 4.78 is 28.1. The molecule has 1 aromatic rings. The van der Waals surface area contributed by atoms with Crippen LogP contribution in [0.25, 0.3) is 0 Å². The van der Waals surface area contributed by atoms with Crippen molar-refractivity contribution >= 4 is 38.7 Å². The number of anilines is 2. The molecular formula is C12H17ClN2O4S. The van der Waals surface area contributed by atoms with Crippen LogP contribution in [0, 0.1) is 0 Å². The van der Waals surface area contributed by atoms with Gasteiger partial charge in [-0.1, -0.05) is 11.6 Å². The second kappa shape index (κ2) is 7.47. The van der Waals surface area contributed by atoms with E-state index in [2.05, 4.69) is 5.32 Å². The highest BCUT2D eigenvalue weighted by atomic mass is 35.5. The molecule has 0 spiro atoms. The first-order chi connectivity index (χ1) is 9.34. The second-order valence-corrected chi connectivity index (χ2v) is 6.84. The Morgan fingerprint density at radius 3 is 2.75 bits per heavy atom. The van der Waals surface area contributed by atoms with Crippen LogP contribution in [-0.4, -0.2) is 39.5 Å². The van der Waals surface area contributed by atoms with Gasteiger partial charge in [-0.05, 0) is 24.6 Å². The van der Waals surface area contributed by atoms with E-state index in [1.807, 2.05) is 0 Å². The van der Waals surface area contributed by atoms with Crippen molar-refractivity contribution in [2.75, 3.05) is 36.3 Å². The molecule has 0 aromatic heterocycles. The quantitative estimate of drug-likeness (QED) is 0.583. The predicted octanol–water partition coefficient (Wildman–Crippen LogP) is 1.31. The minimum Gasteiger partial charge on any atom is -0.397 e. The molecule has 3 N–H and O–H groups in total. The highest BCUT2D eigenvalue weighted by Crippen LogP contribution is 2.22. The van der Waals surface area contributed by atoms with Crippen molar-refractivity contribution in [1.29, 1.82) is 0 Å². The molecule has 1 rings (SSSR count). The molecule has 1 aromatic carbocycles. The first-order valence-corrected chi connectivity index (χ1v) is 8.08. The lowest BCUT2D eigenvalue weighted by Gasteiger charge is -2.09. The van der Waals surface area contributed by atoms with Gasteiger partial charge in [0.05, 0.1) is 17.1 Å². The van der Waals surface area contributed by atoms with E-state index in [1.165, 1.54) is 19.2 Å². The Labute approximate surface area is 123 Å². The molecule has 0 saturated carbocycles. The molecule has 0 saturated heterocycles. The van der Waals surface area contributed by atoms with Crippen LogP contribution in [0.5, 0.6) is 0 Å². The third kappa shape index (κ3) is 5.77. The summed E-state index contributed by atoms with van der Waals surface area (Å²) in [6.07, 6.45) is 0.356. The minimum atomic E-state index is -3.45. The van der Waals surface area contributed by atoms with Crippen molar-refractivity contribution in [2.24, 2.45) is 0 Å². The van der Waals surface area contributed by atoms with Crippen LogP contribution in [0.3, 0.4) is 0 Å². The van der Waals surface area contributed by atoms with Crippen molar-refractivity contribution in [3.63, 3.8) is 0 Å². The Balaban J connectivity index is 2.59. The number of nitrogens with two attached hydrogens (primary N) is 1. The van der Waals surface area contributed by atoms with Crippen LogP contribution in [0.4, 0.5) is 11.4 Å². The zero-order chi connectivity index (χ0) is 15.2. The lowest BCUT2D eigenvalue weighted by molar-refractivity contribution is -0.113. The number of benzene rings is 1. The maximum atomic E-state index is 11.7. The number of nitrogens with one attached hydrogen (secondary N) is 1. The van der Waals surface area contributed by atoms with Gasteiger partial charge in [0.2, 0.25) is 5.91 Å². The van der Waals surface area contributed by atoms with Gasteiger partial charge in [0.25, 0.3) is 0 Å². The fourth-order valence-corrected chi connectivity index (χ4v) is 2.88. The average molecular weight is 321 g/mol. The fourth-order valence-electron chi connectivity index (χ4n) is 1.53. The third-order valence-electron chi connectivity index (χ3n) is 2.44. The molecule has 0 atom stereocenters. The highest BCUT2D eigenvalue weighted by molar-refractivity contribution is 7.92. The number of methoxy groups -OCH3 is 1. The lowest BCUT2D eigenvalue weighted by Crippen LogP contribution is -2.25. The van der Waals surface area contributed by atoms with Gasteiger partial charge < -0.3 is 15.8 Å². The van der Waals surface area contributed by atoms with E-state index in [9.17, 15) is 13.2 Å². The maximum Gasteiger partial charge on any atom is 0.239 e. The monoisotopic (exact) mass is 320 g/mol. The summed E-state index contributed by atoms with van der Waals surface area (Å²) in [6, 6.07) is 4.55. The Kier molecular flexibility index (Phi) is 6.25. The summed E-state index contributed by atoms with van der Waals surface area (Å²) in [4.78, 5) is 11.7. The number of sulfone groups is 1. The zero-order valence-electron chi connectivity index (χ0n) is 11.1. The number of hydrogen-bond acceptors (Lipinski definition) is 5. The molecule has 0 fully saturated rings. The summed E-state index contributed by atoms with van der Waals surface area (Å²) >= 11 is 5.73. The Morgan fingerprint density at radius 1 is 1.45 bits per heavy atom. The molecular weight excluding hydrogens is 304 g/mol. The first-order valence-electron chi connectivity index (χ1n) is 5.88. The summed E-state index contributed by atoms with van der Waals surface area (Å²) in [5, 5.41) is 2.89. The summed E-state index contributed by atoms with van der Waals surface area (Å²) in [5.41, 5.74) is 6.29. The lowest BCUT2D eigenvalue weighted by atomic mass is 10.2. The largest absolute Gasteiger partial charge is 0.397 e. The number of carbonyl (C=O) groups excluding carboxylic acids is 1. The molecule has 8 heteroatoms. The topological polar surface area (TPSA) is 98.5 Å². The molecule has 0 aliphatic rings. The van der Waals surface area contributed by atoms with E-state index < -0.39 is 21.5 Å². The predicted molar refractivity (Wildman–Crippen MR) is 79.6 cm³/mol. The van der Waals surface area contributed by atoms with Gasteiger partial charge in [0.1, 0.15) is 5.75 Å². The molecule has 112 valence electrons. The second-order valence-electron chi connectivity index (χ2n) is 4.22. The van der Waals surface area contributed by atoms with Crippen LogP contribution in [-0.2, 0) is 19.4 Å². The van der Waals surface area contributed by atoms with E-state index in [0.29, 0.717) is 23.7 Å². The molecule has 0 radical (unpaired) electrons. The van der Waals surface area contributed by atoms with E-state index in [-0.39, 0.29) is 11.4 Å². The van der Waals surface area contributed by atoms with Crippen LogP contribution in [0.1, 0.15) is 6.42 Å². The molecule has 0 aliphatic carbocycles. The van der Waals surface area contributed by atoms with Gasteiger partial charge in [-0.25, -0.2) is 8.42 Å². The standard InChI is InChI=1S/C12H17ClN2O4S/c1-19-5-2-6-20(17,18)8-12(16)15-11-4-3-9(13)7-10(11)14/h3-4,7H,2,5-6,8,14H2,1H3,(H,15,16). The van der Waals surface area contributed by atoms with Crippen molar-refractivity contribution in [3.8, 4) is 0 Å². The SMILES string of the molecule is COCCCS(=O)(=O)CC(=O)Nc1ccc(Cl)cc1N. The molecule has 0 unspecified atom stereocenters. The Morgan fingerprint density at radius 2 is 2.15 bits per heavy atom. The first kappa shape index (κ1) is 16.7. The van der Waals surface area contributed by atoms with Crippen molar-refractivity contribution in [3.05, 3.63) is 23.2 Å². The molecule has 0 heterocycles. The molecule has 1 amide bonds. The van der Waals surface area contributed by atoms with Crippen molar-refractivity contribution in [1.82, 2.24) is 0 Å². The minimum absolute atomic E-state index is 0.0929. The molecule has 20 heavy (non-hydrogen) atoms. The molecule has 6 nitrogen and oxygen atoms in total. The van der Waals surface area contributed by atoms with Crippen LogP contribution < -0.4 is 11.1 Å². The van der Waals surface area contributed by atoms with E-state index in [0.717, 1.165) is 0 Å². The molecule has 0 aliphatic heterocycles. The van der Waals surface area contributed by atoms with Gasteiger partial charge in [-0.3, -0.25) is 4.79 Å². The number of halogens is 1. The van der Waals surface area contributed by atoms with Gasteiger partial charge in [0.15, 0.2) is 9.84 Å². The van der Waals surface area contributed by atoms with Crippen molar-refractivity contribution in [2.45, 2.75) is 6.42 Å². The zero-order valence-corrected chi connectivity index (χ0v) is 12.6. The number of carbonyl (C=O) groups is 1. The van der Waals surface area contributed by atoms with Gasteiger partial charge in [-0.15, -0.1) is 0 Å².